The number of carboxylic acid groups (broad SMARTS) is 1. The van der Waals surface area contributed by atoms with Crippen LogP contribution in [0.25, 0.3) is 0 Å². The van der Waals surface area contributed by atoms with Gasteiger partial charge in [-0.25, -0.2) is 9.78 Å². The van der Waals surface area contributed by atoms with Gasteiger partial charge >= 0.3 is 16.4 Å². The second-order valence-corrected chi connectivity index (χ2v) is 15.0. The SMILES string of the molecule is CC1(C)[C@H](NC(=O)/C(=N\O[C@](C)(C(=O)O)[C@H]2CCc3cc(C(=N)N[C@H]4C[C@@H]5CNC[C@@H]54)ccc3O2)c2csc(N)n2)C(=O)N1OS(=O)(=O)O. The molecule has 0 bridgehead atoms. The molecular formula is C29H36N8O10S2. The Labute approximate surface area is 284 Å². The van der Waals surface area contributed by atoms with Crippen LogP contribution in [-0.2, 0) is 40.3 Å². The molecule has 264 valence electrons. The molecule has 2 saturated heterocycles. The third kappa shape index (κ3) is 6.53. The van der Waals surface area contributed by atoms with Crippen LogP contribution < -0.4 is 26.4 Å². The minimum atomic E-state index is -5.03. The highest BCUT2D eigenvalue weighted by Crippen LogP contribution is 2.38. The van der Waals surface area contributed by atoms with E-state index in [1.54, 1.807) is 12.1 Å². The summed E-state index contributed by atoms with van der Waals surface area (Å²) in [7, 11) is -5.03. The number of anilines is 1. The van der Waals surface area contributed by atoms with Crippen LogP contribution in [0.4, 0.5) is 5.13 Å². The second kappa shape index (κ2) is 12.5. The number of benzene rings is 1. The van der Waals surface area contributed by atoms with E-state index in [0.29, 0.717) is 40.5 Å². The third-order valence-corrected chi connectivity index (χ3v) is 10.6. The number of hydrogen-bond donors (Lipinski definition) is 7. The van der Waals surface area contributed by atoms with E-state index in [-0.39, 0.29) is 23.3 Å². The molecule has 1 aromatic heterocycles. The van der Waals surface area contributed by atoms with Gasteiger partial charge in [-0.1, -0.05) is 5.16 Å². The Bertz CT molecular complexity index is 1850. The van der Waals surface area contributed by atoms with E-state index in [0.717, 1.165) is 36.4 Å². The predicted molar refractivity (Wildman–Crippen MR) is 173 cm³/mol. The highest BCUT2D eigenvalue weighted by Gasteiger charge is 2.58. The van der Waals surface area contributed by atoms with Gasteiger partial charge in [0.1, 0.15) is 23.3 Å². The summed E-state index contributed by atoms with van der Waals surface area (Å²) in [6.07, 6.45) is 0.570. The number of hydrogen-bond acceptors (Lipinski definition) is 14. The number of ether oxygens (including phenoxy) is 1. The number of hydroxylamine groups is 2. The zero-order valence-corrected chi connectivity index (χ0v) is 28.3. The minimum Gasteiger partial charge on any atom is -0.485 e. The second-order valence-electron chi connectivity index (χ2n) is 13.1. The van der Waals surface area contributed by atoms with Crippen LogP contribution >= 0.6 is 11.3 Å². The normalized spacial score (nSPS) is 26.9. The van der Waals surface area contributed by atoms with E-state index in [2.05, 4.69) is 30.4 Å². The first kappa shape index (κ1) is 34.5. The molecule has 6 rings (SSSR count). The van der Waals surface area contributed by atoms with Crippen molar-refractivity contribution in [3.63, 3.8) is 0 Å². The topological polar surface area (TPSA) is 268 Å². The molecule has 0 radical (unpaired) electrons. The molecule has 3 fully saturated rings. The number of nitrogen functional groups attached to an aromatic ring is 1. The van der Waals surface area contributed by atoms with Crippen molar-refractivity contribution in [3.8, 4) is 5.75 Å². The van der Waals surface area contributed by atoms with Crippen molar-refractivity contribution in [3.05, 3.63) is 40.4 Å². The van der Waals surface area contributed by atoms with Crippen molar-refractivity contribution < 1.29 is 46.3 Å². The summed E-state index contributed by atoms with van der Waals surface area (Å²) in [5.74, 6) is -1.54. The number of rotatable bonds is 11. The summed E-state index contributed by atoms with van der Waals surface area (Å²) in [6.45, 7) is 5.96. The van der Waals surface area contributed by atoms with Crippen LogP contribution in [0.2, 0.25) is 0 Å². The first-order valence-electron chi connectivity index (χ1n) is 15.4. The third-order valence-electron chi connectivity index (χ3n) is 9.56. The van der Waals surface area contributed by atoms with E-state index < -0.39 is 57.2 Å². The Kier molecular flexibility index (Phi) is 8.80. The molecule has 20 heteroatoms. The molecule has 1 saturated carbocycles. The fraction of sp³-hybridized carbons (Fsp3) is 0.517. The average Bonchev–Trinajstić information content (AvgIpc) is 3.64. The first-order valence-corrected chi connectivity index (χ1v) is 17.6. The van der Waals surface area contributed by atoms with Crippen LogP contribution in [0, 0.1) is 17.2 Å². The minimum absolute atomic E-state index is 0.0616. The van der Waals surface area contributed by atoms with E-state index >= 15 is 0 Å². The highest BCUT2D eigenvalue weighted by molar-refractivity contribution is 7.80. The Morgan fingerprint density at radius 3 is 2.69 bits per heavy atom. The Balaban J connectivity index is 1.17. The molecular weight excluding hydrogens is 684 g/mol. The number of β-lactam (4-membered cyclic amide) rings is 1. The highest BCUT2D eigenvalue weighted by atomic mass is 32.3. The zero-order valence-electron chi connectivity index (χ0n) is 26.6. The van der Waals surface area contributed by atoms with E-state index in [1.807, 2.05) is 6.07 Å². The van der Waals surface area contributed by atoms with Crippen LogP contribution in [0.5, 0.6) is 5.75 Å². The van der Waals surface area contributed by atoms with Crippen molar-refractivity contribution in [1.29, 1.82) is 5.41 Å². The van der Waals surface area contributed by atoms with Gasteiger partial charge in [0.25, 0.3) is 17.4 Å². The monoisotopic (exact) mass is 720 g/mol. The smallest absolute Gasteiger partial charge is 0.418 e. The lowest BCUT2D eigenvalue weighted by Crippen LogP contribution is -2.76. The number of carboxylic acids is 1. The molecule has 6 atom stereocenters. The molecule has 18 nitrogen and oxygen atoms in total. The van der Waals surface area contributed by atoms with Gasteiger partial charge in [0, 0.05) is 23.5 Å². The van der Waals surface area contributed by atoms with E-state index in [4.69, 9.17) is 25.3 Å². The van der Waals surface area contributed by atoms with E-state index in [9.17, 15) is 27.9 Å². The largest absolute Gasteiger partial charge is 0.485 e. The maximum Gasteiger partial charge on any atom is 0.418 e. The van der Waals surface area contributed by atoms with Crippen molar-refractivity contribution >= 4 is 56.2 Å². The molecule has 49 heavy (non-hydrogen) atoms. The summed E-state index contributed by atoms with van der Waals surface area (Å²) in [6, 6.07) is 4.18. The molecule has 4 heterocycles. The number of thiazole rings is 1. The lowest BCUT2D eigenvalue weighted by Gasteiger charge is -2.50. The molecule has 2 amide bonds. The molecule has 8 N–H and O–H groups in total. The molecule has 1 aliphatic carbocycles. The van der Waals surface area contributed by atoms with Crippen molar-refractivity contribution in [2.45, 2.75) is 69.4 Å². The lowest BCUT2D eigenvalue weighted by atomic mass is 9.71. The number of amides is 2. The van der Waals surface area contributed by atoms with Crippen LogP contribution in [0.3, 0.4) is 0 Å². The van der Waals surface area contributed by atoms with Gasteiger partial charge in [-0.05, 0) is 82.2 Å². The van der Waals surface area contributed by atoms with Gasteiger partial charge < -0.3 is 36.4 Å². The van der Waals surface area contributed by atoms with Gasteiger partial charge in [-0.15, -0.1) is 15.6 Å². The fourth-order valence-corrected chi connectivity index (χ4v) is 7.55. The van der Waals surface area contributed by atoms with Crippen molar-refractivity contribution in [1.82, 2.24) is 26.0 Å². The number of amidine groups is 1. The van der Waals surface area contributed by atoms with Crippen LogP contribution in [0.1, 0.15) is 50.4 Å². The maximum atomic E-state index is 13.5. The number of carbonyl (C=O) groups is 3. The van der Waals surface area contributed by atoms with Gasteiger partial charge in [0.2, 0.25) is 0 Å². The van der Waals surface area contributed by atoms with Gasteiger partial charge in [-0.3, -0.25) is 19.6 Å². The Hall–Kier alpha value is -4.37. The molecule has 0 unspecified atom stereocenters. The van der Waals surface area contributed by atoms with Gasteiger partial charge in [0.15, 0.2) is 16.9 Å². The van der Waals surface area contributed by atoms with Gasteiger partial charge in [-0.2, -0.15) is 13.5 Å². The standard InChI is InChI=1S/C29H36N8O10S2/c1-28(2)22(25(39)37(28)47-49(42,43)44)35-24(38)21(18-12-48-27(31)34-18)36-46-29(3,26(40)41)20-7-5-13-8-14(4-6-19(13)45-20)23(30)33-17-9-15-10-32-11-16(15)17/h4,6,8,12,15-17,20,22,32H,5,7,9-11H2,1-3H3,(H2,30,33)(H2,31,34)(H,35,38)(H,40,41)(H,42,43,44)/b36-21-/t15-,16+,17+,20-,22-,29+/m1/s1. The van der Waals surface area contributed by atoms with Crippen molar-refractivity contribution in [2.24, 2.45) is 17.0 Å². The number of oxime groups is 1. The summed E-state index contributed by atoms with van der Waals surface area (Å²) >= 11 is 0.968. The maximum absolute atomic E-state index is 13.5. The Morgan fingerprint density at radius 1 is 1.31 bits per heavy atom. The molecule has 1 aromatic carbocycles. The first-order chi connectivity index (χ1) is 23.0. The number of nitrogens with zero attached hydrogens (tertiary/aromatic N) is 3. The predicted octanol–water partition coefficient (Wildman–Crippen LogP) is 0.0460. The number of aliphatic carboxylic acids is 1. The number of aryl methyl sites for hydroxylation is 1. The molecule has 0 spiro atoms. The van der Waals surface area contributed by atoms with Crippen LogP contribution in [-0.4, -0.2) is 99.9 Å². The molecule has 4 aliphatic rings. The van der Waals surface area contributed by atoms with Crippen molar-refractivity contribution in [2.75, 3.05) is 18.8 Å². The number of nitrogens with two attached hydrogens (primary N) is 1. The summed E-state index contributed by atoms with van der Waals surface area (Å²) in [5.41, 5.74) is 3.10. The molecule has 3 aliphatic heterocycles. The summed E-state index contributed by atoms with van der Waals surface area (Å²) in [4.78, 5) is 48.4. The summed E-state index contributed by atoms with van der Waals surface area (Å²) < 4.78 is 41.8. The molecule has 2 aromatic rings. The Morgan fingerprint density at radius 2 is 2.06 bits per heavy atom. The number of nitrogens with one attached hydrogen (secondary N) is 4. The number of fused-ring (bicyclic) bond motifs is 2. The average molecular weight is 721 g/mol. The van der Waals surface area contributed by atoms with Gasteiger partial charge in [0.05, 0.1) is 5.54 Å². The fourth-order valence-electron chi connectivity index (χ4n) is 6.55. The zero-order chi connectivity index (χ0) is 35.5. The lowest BCUT2D eigenvalue weighted by molar-refractivity contribution is -0.218. The summed E-state index contributed by atoms with van der Waals surface area (Å²) in [5, 5.41) is 33.7. The quantitative estimate of drug-likeness (QED) is 0.0532. The van der Waals surface area contributed by atoms with Crippen LogP contribution in [0.15, 0.2) is 28.7 Å². The number of aromatic nitrogens is 1. The number of carbonyl (C=O) groups excluding carboxylic acids is 2. The van der Waals surface area contributed by atoms with E-state index in [1.165, 1.54) is 26.2 Å².